The molecule has 2 aliphatic heterocycles. The molecule has 0 saturated heterocycles. The Hall–Kier alpha value is -1.59. The van der Waals surface area contributed by atoms with Crippen LogP contribution in [0.5, 0.6) is 0 Å². The third-order valence-corrected chi connectivity index (χ3v) is 1.98. The Balaban J connectivity index is 2.34. The first kappa shape index (κ1) is 8.98. The highest BCUT2D eigenvalue weighted by Gasteiger charge is 2.42. The largest absolute Gasteiger partial charge is 0.415 e. The first-order chi connectivity index (χ1) is 6.48. The SMILES string of the molecule is NC1=C[C@H]2C(C(F)(F)F)=CN=C2N=C1. The smallest absolute Gasteiger partial charge is 0.398 e. The van der Waals surface area contributed by atoms with Gasteiger partial charge in [-0.3, -0.25) is 0 Å². The number of allylic oxidation sites excluding steroid dienone is 1. The number of nitrogens with two attached hydrogens (primary N) is 1. The van der Waals surface area contributed by atoms with E-state index in [-0.39, 0.29) is 11.5 Å². The van der Waals surface area contributed by atoms with Crippen LogP contribution in [0.2, 0.25) is 0 Å². The van der Waals surface area contributed by atoms with Crippen LogP contribution in [0.4, 0.5) is 13.2 Å². The van der Waals surface area contributed by atoms with Crippen molar-refractivity contribution in [2.45, 2.75) is 6.18 Å². The quantitative estimate of drug-likeness (QED) is 0.632. The second-order valence-electron chi connectivity index (χ2n) is 2.97. The Morgan fingerprint density at radius 1 is 1.36 bits per heavy atom. The molecule has 0 aliphatic carbocycles. The first-order valence-electron chi connectivity index (χ1n) is 3.85. The number of nitrogens with zero attached hydrogens (tertiary/aromatic N) is 2. The molecule has 0 fully saturated rings. The number of amidine groups is 1. The van der Waals surface area contributed by atoms with Crippen LogP contribution in [0.3, 0.4) is 0 Å². The van der Waals surface area contributed by atoms with Gasteiger partial charge in [-0.1, -0.05) is 0 Å². The van der Waals surface area contributed by atoms with Gasteiger partial charge in [0.25, 0.3) is 0 Å². The van der Waals surface area contributed by atoms with E-state index in [4.69, 9.17) is 5.73 Å². The van der Waals surface area contributed by atoms with E-state index in [0.717, 1.165) is 6.20 Å². The Labute approximate surface area is 77.5 Å². The summed E-state index contributed by atoms with van der Waals surface area (Å²) in [6.45, 7) is 0. The summed E-state index contributed by atoms with van der Waals surface area (Å²) in [5.74, 6) is -0.786. The van der Waals surface area contributed by atoms with E-state index in [2.05, 4.69) is 9.98 Å². The van der Waals surface area contributed by atoms with Crippen LogP contribution in [0, 0.1) is 5.92 Å². The molecule has 6 heteroatoms. The summed E-state index contributed by atoms with van der Waals surface area (Å²) in [6.07, 6.45) is -0.980. The number of fused-ring (bicyclic) bond motifs is 1. The number of rotatable bonds is 0. The summed E-state index contributed by atoms with van der Waals surface area (Å²) in [6, 6.07) is 0. The predicted molar refractivity (Wildman–Crippen MR) is 45.8 cm³/mol. The average molecular weight is 201 g/mol. The van der Waals surface area contributed by atoms with Crippen LogP contribution in [0.25, 0.3) is 0 Å². The molecule has 0 aromatic rings. The van der Waals surface area contributed by atoms with Gasteiger partial charge in [0, 0.05) is 11.9 Å². The van der Waals surface area contributed by atoms with Crippen LogP contribution >= 0.6 is 0 Å². The average Bonchev–Trinajstić information content (AvgIpc) is 2.45. The normalized spacial score (nSPS) is 25.4. The number of dihydropyridines is 1. The van der Waals surface area contributed by atoms with Crippen molar-refractivity contribution < 1.29 is 13.2 Å². The molecule has 0 amide bonds. The zero-order valence-corrected chi connectivity index (χ0v) is 6.92. The maximum absolute atomic E-state index is 12.4. The number of hydrogen-bond acceptors (Lipinski definition) is 3. The highest BCUT2D eigenvalue weighted by Crippen LogP contribution is 2.37. The van der Waals surface area contributed by atoms with Crippen LogP contribution in [0.1, 0.15) is 0 Å². The van der Waals surface area contributed by atoms with E-state index < -0.39 is 17.7 Å². The molecule has 0 spiro atoms. The van der Waals surface area contributed by atoms with Crippen LogP contribution in [-0.2, 0) is 0 Å². The number of alkyl halides is 3. The molecule has 2 aliphatic rings. The number of halogens is 3. The van der Waals surface area contributed by atoms with Crippen LogP contribution < -0.4 is 5.73 Å². The van der Waals surface area contributed by atoms with Gasteiger partial charge in [-0.05, 0) is 6.08 Å². The van der Waals surface area contributed by atoms with Crippen molar-refractivity contribution in [3.05, 3.63) is 23.5 Å². The van der Waals surface area contributed by atoms with Crippen molar-refractivity contribution in [3.8, 4) is 0 Å². The van der Waals surface area contributed by atoms with Crippen molar-refractivity contribution in [3.63, 3.8) is 0 Å². The van der Waals surface area contributed by atoms with E-state index in [1.807, 2.05) is 0 Å². The van der Waals surface area contributed by atoms with E-state index in [9.17, 15) is 13.2 Å². The minimum atomic E-state index is -4.38. The molecule has 3 nitrogen and oxygen atoms in total. The van der Waals surface area contributed by atoms with Gasteiger partial charge in [0.05, 0.1) is 17.7 Å². The van der Waals surface area contributed by atoms with Crippen molar-refractivity contribution in [2.75, 3.05) is 0 Å². The third kappa shape index (κ3) is 1.32. The van der Waals surface area contributed by atoms with Gasteiger partial charge in [0.1, 0.15) is 5.84 Å². The molecule has 2 N–H and O–H groups in total. The van der Waals surface area contributed by atoms with Crippen LogP contribution in [0.15, 0.2) is 33.5 Å². The summed E-state index contributed by atoms with van der Waals surface area (Å²) >= 11 is 0. The van der Waals surface area contributed by atoms with E-state index in [1.165, 1.54) is 12.3 Å². The molecule has 0 bridgehead atoms. The molecule has 74 valence electrons. The molecule has 0 aromatic heterocycles. The molecular formula is C8H6F3N3. The molecule has 0 aromatic carbocycles. The highest BCUT2D eigenvalue weighted by atomic mass is 19.4. The molecule has 2 heterocycles. The molecule has 14 heavy (non-hydrogen) atoms. The van der Waals surface area contributed by atoms with Gasteiger partial charge < -0.3 is 5.73 Å². The molecule has 1 atom stereocenters. The lowest BCUT2D eigenvalue weighted by Crippen LogP contribution is -2.24. The second kappa shape index (κ2) is 2.70. The lowest BCUT2D eigenvalue weighted by Gasteiger charge is -2.16. The van der Waals surface area contributed by atoms with Crippen LogP contribution in [-0.4, -0.2) is 18.2 Å². The van der Waals surface area contributed by atoms with Gasteiger partial charge in [-0.25, -0.2) is 9.98 Å². The van der Waals surface area contributed by atoms with Crippen molar-refractivity contribution in [2.24, 2.45) is 21.6 Å². The Morgan fingerprint density at radius 2 is 2.07 bits per heavy atom. The van der Waals surface area contributed by atoms with Crippen molar-refractivity contribution in [1.82, 2.24) is 0 Å². The Morgan fingerprint density at radius 3 is 2.71 bits per heavy atom. The molecule has 0 saturated carbocycles. The third-order valence-electron chi connectivity index (χ3n) is 1.98. The van der Waals surface area contributed by atoms with Gasteiger partial charge in [-0.2, -0.15) is 13.2 Å². The highest BCUT2D eigenvalue weighted by molar-refractivity contribution is 6.02. The molecule has 0 radical (unpaired) electrons. The van der Waals surface area contributed by atoms with Gasteiger partial charge in [-0.15, -0.1) is 0 Å². The first-order valence-corrected chi connectivity index (χ1v) is 3.85. The van der Waals surface area contributed by atoms with Crippen molar-refractivity contribution >= 4 is 12.1 Å². The fraction of sp³-hybridized carbons (Fsp3) is 0.250. The van der Waals surface area contributed by atoms with E-state index in [0.29, 0.717) is 0 Å². The number of hydrogen-bond donors (Lipinski definition) is 1. The van der Waals surface area contributed by atoms with Crippen molar-refractivity contribution in [1.29, 1.82) is 0 Å². The van der Waals surface area contributed by atoms with E-state index in [1.54, 1.807) is 0 Å². The maximum Gasteiger partial charge on any atom is 0.415 e. The molecule has 0 unspecified atom stereocenters. The minimum Gasteiger partial charge on any atom is -0.398 e. The Bertz CT molecular complexity index is 387. The number of aliphatic imine (C=N–C) groups is 2. The maximum atomic E-state index is 12.4. The Kier molecular flexibility index (Phi) is 1.73. The summed E-state index contributed by atoms with van der Waals surface area (Å²) in [7, 11) is 0. The summed E-state index contributed by atoms with van der Waals surface area (Å²) in [4.78, 5) is 7.29. The zero-order chi connectivity index (χ0) is 10.3. The lowest BCUT2D eigenvalue weighted by molar-refractivity contribution is -0.0948. The van der Waals surface area contributed by atoms with Gasteiger partial charge in [0.15, 0.2) is 0 Å². The second-order valence-corrected chi connectivity index (χ2v) is 2.97. The topological polar surface area (TPSA) is 50.7 Å². The molecular weight excluding hydrogens is 195 g/mol. The molecule has 2 rings (SSSR count). The predicted octanol–water partition coefficient (Wildman–Crippen LogP) is 1.39. The standard InChI is InChI=1S/C8H6F3N3/c9-8(10,11)6-3-14-7-5(6)1-4(12)2-13-7/h1-3,5H,12H2/t5-/m0/s1. The zero-order valence-electron chi connectivity index (χ0n) is 6.92. The van der Waals surface area contributed by atoms with Gasteiger partial charge >= 0.3 is 6.18 Å². The summed E-state index contributed by atoms with van der Waals surface area (Å²) < 4.78 is 37.2. The van der Waals surface area contributed by atoms with E-state index >= 15 is 0 Å². The summed E-state index contributed by atoms with van der Waals surface area (Å²) in [5, 5.41) is 0. The minimum absolute atomic E-state index is 0.145. The fourth-order valence-electron chi connectivity index (χ4n) is 1.34. The lowest BCUT2D eigenvalue weighted by atomic mass is 9.97. The fourth-order valence-corrected chi connectivity index (χ4v) is 1.34. The van der Waals surface area contributed by atoms with Gasteiger partial charge in [0.2, 0.25) is 0 Å². The monoisotopic (exact) mass is 201 g/mol. The summed E-state index contributed by atoms with van der Waals surface area (Å²) in [5.41, 5.74) is 4.87.